The van der Waals surface area contributed by atoms with Gasteiger partial charge in [-0.05, 0) is 38.1 Å². The van der Waals surface area contributed by atoms with Crippen molar-refractivity contribution in [1.82, 2.24) is 0 Å². The number of halogens is 1. The lowest BCUT2D eigenvalue weighted by molar-refractivity contribution is -0.0488. The van der Waals surface area contributed by atoms with Crippen LogP contribution in [0, 0.1) is 5.41 Å². The lowest BCUT2D eigenvalue weighted by Crippen LogP contribution is -2.34. The lowest BCUT2D eigenvalue weighted by atomic mass is 10.1. The van der Waals surface area contributed by atoms with Gasteiger partial charge in [0.2, 0.25) is 5.90 Å². The molecule has 1 aromatic carbocycles. The molecule has 102 valence electrons. The molecule has 0 aromatic heterocycles. The van der Waals surface area contributed by atoms with Crippen molar-refractivity contribution in [3.63, 3.8) is 0 Å². The molecule has 3 N–H and O–H groups in total. The van der Waals surface area contributed by atoms with Crippen LogP contribution >= 0.6 is 12.4 Å². The fourth-order valence-electron chi connectivity index (χ4n) is 1.11. The molecule has 1 aromatic rings. The van der Waals surface area contributed by atoms with E-state index in [1.54, 1.807) is 24.3 Å². The van der Waals surface area contributed by atoms with E-state index in [0.29, 0.717) is 17.9 Å². The topological polar surface area (TPSA) is 77.6 Å². The molecule has 0 fully saturated rings. The van der Waals surface area contributed by atoms with E-state index in [2.05, 4.69) is 0 Å². The SMILES string of the molecule is COC(=N)c1ccc(OCC(C)(C)ON)cc1.Cl. The lowest BCUT2D eigenvalue weighted by Gasteiger charge is -2.21. The van der Waals surface area contributed by atoms with Crippen molar-refractivity contribution >= 4 is 18.3 Å². The van der Waals surface area contributed by atoms with Gasteiger partial charge in [0, 0.05) is 5.56 Å². The van der Waals surface area contributed by atoms with Crippen molar-refractivity contribution < 1.29 is 14.3 Å². The van der Waals surface area contributed by atoms with E-state index in [1.165, 1.54) is 7.11 Å². The van der Waals surface area contributed by atoms with Gasteiger partial charge in [-0.1, -0.05) is 0 Å². The summed E-state index contributed by atoms with van der Waals surface area (Å²) >= 11 is 0. The molecule has 0 aliphatic carbocycles. The molecule has 0 saturated carbocycles. The molecule has 5 nitrogen and oxygen atoms in total. The largest absolute Gasteiger partial charge is 0.491 e. The van der Waals surface area contributed by atoms with Crippen LogP contribution in [0.3, 0.4) is 0 Å². The Hall–Kier alpha value is -1.30. The summed E-state index contributed by atoms with van der Waals surface area (Å²) in [6.45, 7) is 4.02. The van der Waals surface area contributed by atoms with Gasteiger partial charge in [-0.2, -0.15) is 0 Å². The summed E-state index contributed by atoms with van der Waals surface area (Å²) < 4.78 is 10.3. The number of methoxy groups -OCH3 is 1. The van der Waals surface area contributed by atoms with Crippen molar-refractivity contribution in [2.45, 2.75) is 19.4 Å². The molecule has 0 radical (unpaired) electrons. The molecule has 0 aliphatic rings. The number of hydrogen-bond donors (Lipinski definition) is 2. The van der Waals surface area contributed by atoms with Crippen LogP contribution in [0.4, 0.5) is 0 Å². The second kappa shape index (κ2) is 7.20. The molecule has 0 atom stereocenters. The van der Waals surface area contributed by atoms with E-state index >= 15 is 0 Å². The Kier molecular flexibility index (Phi) is 6.68. The number of nitrogens with one attached hydrogen (secondary N) is 1. The van der Waals surface area contributed by atoms with Gasteiger partial charge in [0.1, 0.15) is 18.0 Å². The summed E-state index contributed by atoms with van der Waals surface area (Å²) in [4.78, 5) is 4.76. The quantitative estimate of drug-likeness (QED) is 0.490. The van der Waals surface area contributed by atoms with Gasteiger partial charge < -0.3 is 9.47 Å². The van der Waals surface area contributed by atoms with Gasteiger partial charge >= 0.3 is 0 Å². The van der Waals surface area contributed by atoms with E-state index in [0.717, 1.165) is 0 Å². The Morgan fingerprint density at radius 1 is 1.28 bits per heavy atom. The highest BCUT2D eigenvalue weighted by Gasteiger charge is 2.18. The highest BCUT2D eigenvalue weighted by Crippen LogP contribution is 2.15. The minimum Gasteiger partial charge on any atom is -0.491 e. The van der Waals surface area contributed by atoms with Gasteiger partial charge in [0.15, 0.2) is 0 Å². The van der Waals surface area contributed by atoms with E-state index < -0.39 is 5.60 Å². The predicted molar refractivity (Wildman–Crippen MR) is 72.4 cm³/mol. The van der Waals surface area contributed by atoms with Crippen LogP contribution in [0.15, 0.2) is 24.3 Å². The molecule has 0 bridgehead atoms. The highest BCUT2D eigenvalue weighted by molar-refractivity contribution is 5.91. The first-order valence-corrected chi connectivity index (χ1v) is 5.22. The van der Waals surface area contributed by atoms with Crippen molar-refractivity contribution in [2.24, 2.45) is 5.90 Å². The van der Waals surface area contributed by atoms with E-state index in [1.807, 2.05) is 13.8 Å². The van der Waals surface area contributed by atoms with Crippen LogP contribution in [0.5, 0.6) is 5.75 Å². The second-order valence-electron chi connectivity index (χ2n) is 4.22. The predicted octanol–water partition coefficient (Wildman–Crippen LogP) is 2.13. The van der Waals surface area contributed by atoms with Crippen LogP contribution in [0.1, 0.15) is 19.4 Å². The van der Waals surface area contributed by atoms with Crippen molar-refractivity contribution in [3.8, 4) is 5.75 Å². The maximum absolute atomic E-state index is 7.48. The standard InChI is InChI=1S/C12H18N2O3.ClH/c1-12(2,17-14)8-16-10-6-4-9(5-7-10)11(13)15-3;/h4-7,13H,8,14H2,1-3H3;1H. The van der Waals surface area contributed by atoms with Gasteiger partial charge in [0.05, 0.1) is 7.11 Å². The molecule has 0 spiro atoms. The maximum Gasteiger partial charge on any atom is 0.212 e. The highest BCUT2D eigenvalue weighted by atomic mass is 35.5. The summed E-state index contributed by atoms with van der Waals surface area (Å²) in [5.41, 5.74) is 0.173. The molecule has 0 unspecified atom stereocenters. The zero-order valence-electron chi connectivity index (χ0n) is 10.7. The Bertz CT molecular complexity index is 379. The van der Waals surface area contributed by atoms with Crippen LogP contribution in [0.2, 0.25) is 0 Å². The van der Waals surface area contributed by atoms with Crippen LogP contribution in [-0.2, 0) is 9.57 Å². The van der Waals surface area contributed by atoms with Crippen LogP contribution in [-0.4, -0.2) is 25.2 Å². The summed E-state index contributed by atoms with van der Waals surface area (Å²) in [6, 6.07) is 7.07. The average Bonchev–Trinajstić information content (AvgIpc) is 2.36. The number of ether oxygens (including phenoxy) is 2. The Labute approximate surface area is 113 Å². The molecule has 1 rings (SSSR count). The zero-order valence-corrected chi connectivity index (χ0v) is 11.5. The molecular formula is C12H19ClN2O3. The van der Waals surface area contributed by atoms with Gasteiger partial charge in [0.25, 0.3) is 0 Å². The number of nitrogens with two attached hydrogens (primary N) is 1. The van der Waals surface area contributed by atoms with Gasteiger partial charge in [-0.25, -0.2) is 5.90 Å². The van der Waals surface area contributed by atoms with Crippen LogP contribution in [0.25, 0.3) is 0 Å². The summed E-state index contributed by atoms with van der Waals surface area (Å²) in [5.74, 6) is 5.95. The first kappa shape index (κ1) is 16.7. The fraction of sp³-hybridized carbons (Fsp3) is 0.417. The third kappa shape index (κ3) is 4.91. The summed E-state index contributed by atoms with van der Waals surface area (Å²) in [6.07, 6.45) is 0. The minimum absolute atomic E-state index is 0. The normalized spacial score (nSPS) is 10.4. The Morgan fingerprint density at radius 2 is 1.83 bits per heavy atom. The van der Waals surface area contributed by atoms with Crippen molar-refractivity contribution in [3.05, 3.63) is 29.8 Å². The molecule has 0 aliphatic heterocycles. The molecular weight excluding hydrogens is 256 g/mol. The fourth-order valence-corrected chi connectivity index (χ4v) is 1.11. The van der Waals surface area contributed by atoms with Crippen LogP contribution < -0.4 is 10.6 Å². The zero-order chi connectivity index (χ0) is 12.9. The third-order valence-corrected chi connectivity index (χ3v) is 2.23. The first-order chi connectivity index (χ1) is 7.98. The van der Waals surface area contributed by atoms with E-state index in [9.17, 15) is 0 Å². The van der Waals surface area contributed by atoms with Crippen molar-refractivity contribution in [2.75, 3.05) is 13.7 Å². The monoisotopic (exact) mass is 274 g/mol. The maximum atomic E-state index is 7.48. The van der Waals surface area contributed by atoms with E-state index in [4.69, 9.17) is 25.6 Å². The second-order valence-corrected chi connectivity index (χ2v) is 4.22. The summed E-state index contributed by atoms with van der Waals surface area (Å²) in [7, 11) is 1.47. The first-order valence-electron chi connectivity index (χ1n) is 5.22. The number of rotatable bonds is 5. The van der Waals surface area contributed by atoms with Gasteiger partial charge in [-0.3, -0.25) is 10.2 Å². The third-order valence-electron chi connectivity index (χ3n) is 2.23. The Balaban J connectivity index is 0.00000289. The summed E-state index contributed by atoms with van der Waals surface area (Å²) in [5, 5.41) is 7.48. The molecule has 0 saturated heterocycles. The molecule has 18 heavy (non-hydrogen) atoms. The average molecular weight is 275 g/mol. The van der Waals surface area contributed by atoms with Crippen molar-refractivity contribution in [1.29, 1.82) is 5.41 Å². The minimum atomic E-state index is -0.530. The molecule has 0 amide bonds. The Morgan fingerprint density at radius 3 is 2.28 bits per heavy atom. The molecule has 0 heterocycles. The van der Waals surface area contributed by atoms with E-state index in [-0.39, 0.29) is 18.3 Å². The number of benzene rings is 1. The van der Waals surface area contributed by atoms with Gasteiger partial charge in [-0.15, -0.1) is 12.4 Å². The smallest absolute Gasteiger partial charge is 0.212 e. The molecule has 6 heteroatoms. The number of hydrogen-bond acceptors (Lipinski definition) is 5.